The van der Waals surface area contributed by atoms with Gasteiger partial charge in [-0.3, -0.25) is 4.68 Å². The highest BCUT2D eigenvalue weighted by atomic mass is 16.5. The number of carbonyl (C=O) groups is 1. The van der Waals surface area contributed by atoms with Gasteiger partial charge in [-0.2, -0.15) is 5.10 Å². The quantitative estimate of drug-likeness (QED) is 0.885. The first-order valence-corrected chi connectivity index (χ1v) is 7.44. The van der Waals surface area contributed by atoms with Crippen LogP contribution in [0.2, 0.25) is 0 Å². The third-order valence-electron chi connectivity index (χ3n) is 4.26. The van der Waals surface area contributed by atoms with E-state index in [2.05, 4.69) is 10.4 Å². The molecule has 22 heavy (non-hydrogen) atoms. The maximum absolute atomic E-state index is 11.5. The molecular weight excluding hydrogens is 278 g/mol. The molecule has 1 fully saturated rings. The Morgan fingerprint density at radius 2 is 2.23 bits per heavy atom. The average Bonchev–Trinajstić information content (AvgIpc) is 3.10. The van der Waals surface area contributed by atoms with Crippen LogP contribution in [-0.4, -0.2) is 29.4 Å². The van der Waals surface area contributed by atoms with Crippen LogP contribution in [0.15, 0.2) is 36.7 Å². The van der Waals surface area contributed by atoms with Gasteiger partial charge in [-0.15, -0.1) is 0 Å². The molecule has 0 bridgehead atoms. The number of methoxy groups -OCH3 is 1. The fraction of sp³-hybridized carbons (Fsp3) is 0.412. The number of hydrogen-bond acceptors (Lipinski definition) is 4. The van der Waals surface area contributed by atoms with Crippen LogP contribution in [0.5, 0.6) is 0 Å². The van der Waals surface area contributed by atoms with Crippen LogP contribution in [0.3, 0.4) is 0 Å². The molecule has 0 radical (unpaired) electrons. The lowest BCUT2D eigenvalue weighted by Gasteiger charge is -2.30. The minimum absolute atomic E-state index is 0.156. The minimum Gasteiger partial charge on any atom is -0.465 e. The van der Waals surface area contributed by atoms with Crippen LogP contribution in [0.25, 0.3) is 0 Å². The summed E-state index contributed by atoms with van der Waals surface area (Å²) in [6.07, 6.45) is 5.91. The first-order valence-electron chi connectivity index (χ1n) is 8.15. The number of aryl methyl sites for hydroxylation is 1. The van der Waals surface area contributed by atoms with Gasteiger partial charge in [-0.1, -0.05) is 12.1 Å². The van der Waals surface area contributed by atoms with E-state index in [0.717, 1.165) is 19.4 Å². The van der Waals surface area contributed by atoms with E-state index in [1.54, 1.807) is 4.68 Å². The average molecular weight is 300 g/mol. The summed E-state index contributed by atoms with van der Waals surface area (Å²) >= 11 is 0. The number of piperidine rings is 1. The number of esters is 1. The third kappa shape index (κ3) is 3.04. The summed E-state index contributed by atoms with van der Waals surface area (Å²) in [5, 5.41) is 7.74. The Balaban J connectivity index is 1.71. The van der Waals surface area contributed by atoms with E-state index in [-0.39, 0.29) is 19.0 Å². The van der Waals surface area contributed by atoms with Crippen molar-refractivity contribution in [1.82, 2.24) is 15.1 Å². The van der Waals surface area contributed by atoms with Gasteiger partial charge in [-0.25, -0.2) is 4.79 Å². The van der Waals surface area contributed by atoms with E-state index in [1.807, 2.05) is 36.7 Å². The van der Waals surface area contributed by atoms with Crippen LogP contribution >= 0.6 is 0 Å². The second-order valence-electron chi connectivity index (χ2n) is 5.65. The van der Waals surface area contributed by atoms with E-state index in [4.69, 9.17) is 6.11 Å². The Bertz CT molecular complexity index is 669. The first-order chi connectivity index (χ1) is 11.2. The molecule has 1 aromatic carbocycles. The van der Waals surface area contributed by atoms with Crippen LogP contribution in [0.4, 0.5) is 0 Å². The number of nitrogens with zero attached hydrogens (tertiary/aromatic N) is 2. The molecule has 0 spiro atoms. The molecule has 1 aliphatic rings. The fourth-order valence-corrected chi connectivity index (χ4v) is 3.03. The summed E-state index contributed by atoms with van der Waals surface area (Å²) in [7, 11) is 1.55. The molecule has 0 amide bonds. The van der Waals surface area contributed by atoms with E-state index < -0.39 is 0 Å². The molecule has 1 unspecified atom stereocenters. The largest absolute Gasteiger partial charge is 0.465 e. The van der Waals surface area contributed by atoms with Gasteiger partial charge in [0.05, 0.1) is 18.9 Å². The summed E-state index contributed by atoms with van der Waals surface area (Å²) < 4.78 is 13.7. The Kier molecular flexibility index (Phi) is 3.88. The summed E-state index contributed by atoms with van der Waals surface area (Å²) in [4.78, 5) is 11.5. The molecule has 116 valence electrons. The minimum atomic E-state index is -0.311. The van der Waals surface area contributed by atoms with Crippen molar-refractivity contribution in [3.63, 3.8) is 0 Å². The molecule has 0 saturated carbocycles. The zero-order valence-corrected chi connectivity index (χ0v) is 12.7. The number of carbonyl (C=O) groups excluding carboxylic acids is 1. The fourth-order valence-electron chi connectivity index (χ4n) is 3.03. The van der Waals surface area contributed by atoms with Crippen molar-refractivity contribution in [3.05, 3.63) is 53.3 Å². The monoisotopic (exact) mass is 300 g/mol. The Hall–Kier alpha value is -2.14. The van der Waals surface area contributed by atoms with Gasteiger partial charge in [0.1, 0.15) is 0 Å². The lowest BCUT2D eigenvalue weighted by Crippen LogP contribution is -2.30. The van der Waals surface area contributed by atoms with Crippen molar-refractivity contribution in [2.24, 2.45) is 7.02 Å². The number of benzene rings is 1. The molecule has 1 aromatic heterocycles. The van der Waals surface area contributed by atoms with Gasteiger partial charge in [0.2, 0.25) is 0 Å². The molecule has 2 aromatic rings. The van der Waals surface area contributed by atoms with Gasteiger partial charge >= 0.3 is 5.97 Å². The molecule has 1 aliphatic heterocycles. The molecule has 2 atom stereocenters. The number of ether oxygens (including phenoxy) is 1. The normalized spacial score (nSPS) is 22.1. The number of rotatable bonds is 3. The molecule has 1 saturated heterocycles. The zero-order chi connectivity index (χ0) is 16.2. The highest BCUT2D eigenvalue weighted by Crippen LogP contribution is 2.33. The number of hydrogen-bond donors (Lipinski definition) is 1. The SMILES string of the molecule is [2H]Cn1cc(C2CCN[C@H](c3ccc(C(=O)OC)cc3)C2)cn1. The Morgan fingerprint density at radius 3 is 2.91 bits per heavy atom. The van der Waals surface area contributed by atoms with E-state index in [9.17, 15) is 4.79 Å². The van der Waals surface area contributed by atoms with E-state index >= 15 is 0 Å². The Morgan fingerprint density at radius 1 is 1.41 bits per heavy atom. The molecule has 1 N–H and O–H groups in total. The van der Waals surface area contributed by atoms with Crippen LogP contribution in [0.1, 0.15) is 47.7 Å². The highest BCUT2D eigenvalue weighted by molar-refractivity contribution is 5.89. The van der Waals surface area contributed by atoms with Gasteiger partial charge in [0, 0.05) is 20.6 Å². The van der Waals surface area contributed by atoms with E-state index in [1.165, 1.54) is 18.2 Å². The van der Waals surface area contributed by atoms with Crippen LogP contribution in [-0.2, 0) is 11.8 Å². The van der Waals surface area contributed by atoms with Crippen molar-refractivity contribution in [3.8, 4) is 0 Å². The van der Waals surface area contributed by atoms with E-state index in [0.29, 0.717) is 11.5 Å². The smallest absolute Gasteiger partial charge is 0.337 e. The van der Waals surface area contributed by atoms with Crippen molar-refractivity contribution < 1.29 is 10.9 Å². The summed E-state index contributed by atoms with van der Waals surface area (Å²) in [6, 6.07) is 7.86. The standard InChI is InChI=1S/C17H21N3O2/c1-20-11-15(10-19-20)14-7-8-18-16(9-14)12-3-5-13(6-4-12)17(21)22-2/h3-6,10-11,14,16,18H,7-9H2,1-2H3/t14?,16-/m0/s1/i1D. The zero-order valence-electron chi connectivity index (χ0n) is 13.7. The van der Waals surface area contributed by atoms with Crippen molar-refractivity contribution in [2.45, 2.75) is 24.8 Å². The van der Waals surface area contributed by atoms with Crippen molar-refractivity contribution in [2.75, 3.05) is 13.7 Å². The third-order valence-corrected chi connectivity index (χ3v) is 4.26. The van der Waals surface area contributed by atoms with Crippen LogP contribution in [0, 0.1) is 0 Å². The molecule has 5 heteroatoms. The van der Waals surface area contributed by atoms with Crippen LogP contribution < -0.4 is 5.32 Å². The molecule has 0 aliphatic carbocycles. The second-order valence-corrected chi connectivity index (χ2v) is 5.65. The summed E-state index contributed by atoms with van der Waals surface area (Å²) in [5.74, 6) is 0.135. The highest BCUT2D eigenvalue weighted by Gasteiger charge is 2.24. The predicted octanol–water partition coefficient (Wildman–Crippen LogP) is 2.42. The van der Waals surface area contributed by atoms with Crippen molar-refractivity contribution >= 4 is 5.97 Å². The second kappa shape index (κ2) is 6.32. The topological polar surface area (TPSA) is 56.2 Å². The maximum atomic E-state index is 11.5. The predicted molar refractivity (Wildman–Crippen MR) is 83.7 cm³/mol. The van der Waals surface area contributed by atoms with Gasteiger partial charge in [-0.05, 0) is 48.6 Å². The number of aromatic nitrogens is 2. The van der Waals surface area contributed by atoms with Gasteiger partial charge in [0.25, 0.3) is 0 Å². The summed E-state index contributed by atoms with van der Waals surface area (Å²) in [5.41, 5.74) is 2.95. The van der Waals surface area contributed by atoms with Crippen molar-refractivity contribution in [1.29, 1.82) is 0 Å². The first kappa shape index (κ1) is 13.5. The molecule has 3 rings (SSSR count). The van der Waals surface area contributed by atoms with Gasteiger partial charge < -0.3 is 10.1 Å². The molecule has 2 heterocycles. The Labute approximate surface area is 131 Å². The lowest BCUT2D eigenvalue weighted by atomic mass is 9.85. The lowest BCUT2D eigenvalue weighted by molar-refractivity contribution is 0.0600. The molecule has 5 nitrogen and oxygen atoms in total. The molecular formula is C17H21N3O2. The number of nitrogens with one attached hydrogen (secondary N) is 1. The maximum Gasteiger partial charge on any atom is 0.337 e. The van der Waals surface area contributed by atoms with Gasteiger partial charge in [0.15, 0.2) is 0 Å². The summed E-state index contributed by atoms with van der Waals surface area (Å²) in [6.45, 7) is 0.945.